The Hall–Kier alpha value is -1.77. The molecule has 2 heterocycles. The zero-order chi connectivity index (χ0) is 15.9. The van der Waals surface area contributed by atoms with E-state index in [9.17, 15) is 18.0 Å². The number of Topliss-reactive ketones (excluding diaryl/α,β-unsaturated/α-hetero) is 1. The lowest BCUT2D eigenvalue weighted by Gasteiger charge is -2.35. The average Bonchev–Trinajstić information content (AvgIpc) is 2.54. The van der Waals surface area contributed by atoms with Gasteiger partial charge >= 0.3 is 0 Å². The van der Waals surface area contributed by atoms with E-state index in [-0.39, 0.29) is 10.5 Å². The molecule has 1 fully saturated rings. The number of benzene rings is 1. The van der Waals surface area contributed by atoms with Gasteiger partial charge in [-0.2, -0.15) is 4.31 Å². The summed E-state index contributed by atoms with van der Waals surface area (Å²) < 4.78 is 31.1. The first-order chi connectivity index (χ1) is 10.4. The predicted octanol–water partition coefficient (Wildman–Crippen LogP) is -0.269. The number of likely N-dealkylation sites (N-methyl/N-ethyl adjacent to an activating group) is 1. The largest absolute Gasteiger partial charge is 0.378 e. The minimum atomic E-state index is -3.85. The van der Waals surface area contributed by atoms with Gasteiger partial charge in [0, 0.05) is 25.7 Å². The molecule has 1 aromatic rings. The molecule has 0 spiro atoms. The monoisotopic (exact) mass is 324 g/mol. The highest BCUT2D eigenvalue weighted by molar-refractivity contribution is 7.89. The maximum atomic E-state index is 12.6. The average molecular weight is 324 g/mol. The number of carbonyl (C=O) groups excluding carboxylic acids is 2. The summed E-state index contributed by atoms with van der Waals surface area (Å²) in [7, 11) is -2.58. The van der Waals surface area contributed by atoms with Gasteiger partial charge in [0.25, 0.3) is 0 Å². The highest BCUT2D eigenvalue weighted by Gasteiger charge is 2.46. The molecule has 0 radical (unpaired) electrons. The fourth-order valence-corrected chi connectivity index (χ4v) is 4.20. The summed E-state index contributed by atoms with van der Waals surface area (Å²) in [6.07, 6.45) is 0. The Balaban J connectivity index is 2.03. The molecule has 1 saturated heterocycles. The van der Waals surface area contributed by atoms with Crippen LogP contribution in [0.15, 0.2) is 29.2 Å². The van der Waals surface area contributed by atoms with E-state index >= 15 is 0 Å². The number of hydrogen-bond donors (Lipinski definition) is 0. The molecule has 2 aliphatic heterocycles. The van der Waals surface area contributed by atoms with Crippen molar-refractivity contribution in [1.82, 2.24) is 9.21 Å². The third-order valence-electron chi connectivity index (χ3n) is 3.98. The van der Waals surface area contributed by atoms with Crippen molar-refractivity contribution in [2.75, 3.05) is 33.4 Å². The third-order valence-corrected chi connectivity index (χ3v) is 5.86. The van der Waals surface area contributed by atoms with E-state index in [2.05, 4.69) is 0 Å². The number of hydrogen-bond acceptors (Lipinski definition) is 5. The molecule has 0 bridgehead atoms. The van der Waals surface area contributed by atoms with Crippen LogP contribution in [0, 0.1) is 0 Å². The smallest absolute Gasteiger partial charge is 0.249 e. The second-order valence-corrected chi connectivity index (χ2v) is 7.19. The molecule has 0 saturated carbocycles. The first-order valence-electron chi connectivity index (χ1n) is 6.92. The van der Waals surface area contributed by atoms with Crippen LogP contribution < -0.4 is 0 Å². The zero-order valence-corrected chi connectivity index (χ0v) is 12.9. The Labute approximate surface area is 128 Å². The van der Waals surface area contributed by atoms with Gasteiger partial charge in [-0.05, 0) is 12.1 Å². The molecule has 22 heavy (non-hydrogen) atoms. The fraction of sp³-hybridized carbons (Fsp3) is 0.429. The Bertz CT molecular complexity index is 725. The first kappa shape index (κ1) is 15.1. The van der Waals surface area contributed by atoms with Gasteiger partial charge in [0.2, 0.25) is 15.9 Å². The molecule has 0 aliphatic carbocycles. The molecule has 118 valence electrons. The molecule has 1 amide bonds. The summed E-state index contributed by atoms with van der Waals surface area (Å²) >= 11 is 0. The zero-order valence-electron chi connectivity index (χ0n) is 12.1. The Morgan fingerprint density at radius 2 is 1.86 bits per heavy atom. The van der Waals surface area contributed by atoms with Crippen LogP contribution in [0.25, 0.3) is 0 Å². The molecule has 0 aromatic heterocycles. The molecular weight excluding hydrogens is 308 g/mol. The SMILES string of the molecule is CN1[C@@H](C(=O)N2CCOCC2)C(=O)c2ccccc2S1(=O)=O. The Morgan fingerprint density at radius 1 is 1.23 bits per heavy atom. The van der Waals surface area contributed by atoms with Crippen LogP contribution in [-0.2, 0) is 19.6 Å². The van der Waals surface area contributed by atoms with Crippen LogP contribution in [-0.4, -0.2) is 68.7 Å². The first-order valence-corrected chi connectivity index (χ1v) is 8.36. The van der Waals surface area contributed by atoms with Gasteiger partial charge in [0.15, 0.2) is 11.8 Å². The van der Waals surface area contributed by atoms with Crippen LogP contribution in [0.1, 0.15) is 10.4 Å². The topological polar surface area (TPSA) is 84.0 Å². The number of nitrogens with zero attached hydrogens (tertiary/aromatic N) is 2. The molecule has 1 aromatic carbocycles. The van der Waals surface area contributed by atoms with Gasteiger partial charge in [0.05, 0.1) is 18.1 Å². The van der Waals surface area contributed by atoms with Crippen molar-refractivity contribution in [3.8, 4) is 0 Å². The summed E-state index contributed by atoms with van der Waals surface area (Å²) in [5.41, 5.74) is 0.0761. The number of amides is 1. The van der Waals surface area contributed by atoms with Crippen LogP contribution in [0.2, 0.25) is 0 Å². The molecular formula is C14H16N2O5S. The number of ketones is 1. The van der Waals surface area contributed by atoms with E-state index in [4.69, 9.17) is 4.74 Å². The van der Waals surface area contributed by atoms with Crippen molar-refractivity contribution in [2.24, 2.45) is 0 Å². The van der Waals surface area contributed by atoms with E-state index in [0.717, 1.165) is 4.31 Å². The molecule has 2 aliphatic rings. The summed E-state index contributed by atoms with van der Waals surface area (Å²) in [4.78, 5) is 26.7. The van der Waals surface area contributed by atoms with Crippen LogP contribution in [0.4, 0.5) is 0 Å². The van der Waals surface area contributed by atoms with Gasteiger partial charge < -0.3 is 9.64 Å². The number of ether oxygens (including phenoxy) is 1. The molecule has 0 unspecified atom stereocenters. The van der Waals surface area contributed by atoms with Crippen molar-refractivity contribution in [2.45, 2.75) is 10.9 Å². The van der Waals surface area contributed by atoms with E-state index in [1.807, 2.05) is 0 Å². The summed E-state index contributed by atoms with van der Waals surface area (Å²) in [6, 6.07) is 4.64. The van der Waals surface area contributed by atoms with Gasteiger partial charge in [-0.3, -0.25) is 9.59 Å². The minimum absolute atomic E-state index is 0.0477. The standard InChI is InChI=1S/C14H16N2O5S/c1-15-12(14(18)16-6-8-21-9-7-16)13(17)10-4-2-3-5-11(10)22(15,19)20/h2-5,12H,6-9H2,1H3/t12-/m1/s1. The number of rotatable bonds is 1. The number of carbonyl (C=O) groups is 2. The normalized spacial score (nSPS) is 24.9. The van der Waals surface area contributed by atoms with Gasteiger partial charge in [0.1, 0.15) is 0 Å². The Morgan fingerprint density at radius 3 is 2.55 bits per heavy atom. The van der Waals surface area contributed by atoms with Crippen molar-refractivity contribution < 1.29 is 22.7 Å². The number of fused-ring (bicyclic) bond motifs is 1. The van der Waals surface area contributed by atoms with Crippen molar-refractivity contribution >= 4 is 21.7 Å². The van der Waals surface area contributed by atoms with Crippen molar-refractivity contribution in [3.63, 3.8) is 0 Å². The van der Waals surface area contributed by atoms with Crippen LogP contribution in [0.5, 0.6) is 0 Å². The van der Waals surface area contributed by atoms with E-state index in [1.54, 1.807) is 12.1 Å². The molecule has 1 atom stereocenters. The summed E-state index contributed by atoms with van der Waals surface area (Å²) in [5.74, 6) is -0.974. The van der Waals surface area contributed by atoms with Gasteiger partial charge in [-0.25, -0.2) is 8.42 Å². The highest BCUT2D eigenvalue weighted by atomic mass is 32.2. The predicted molar refractivity (Wildman–Crippen MR) is 76.9 cm³/mol. The summed E-state index contributed by atoms with van der Waals surface area (Å²) in [6.45, 7) is 1.50. The van der Waals surface area contributed by atoms with Crippen molar-refractivity contribution in [1.29, 1.82) is 0 Å². The van der Waals surface area contributed by atoms with Gasteiger partial charge in [-0.15, -0.1) is 0 Å². The Kier molecular flexibility index (Phi) is 3.75. The quantitative estimate of drug-likeness (QED) is 0.664. The van der Waals surface area contributed by atoms with Crippen molar-refractivity contribution in [3.05, 3.63) is 29.8 Å². The van der Waals surface area contributed by atoms with E-state index < -0.39 is 27.8 Å². The van der Waals surface area contributed by atoms with Crippen LogP contribution in [0.3, 0.4) is 0 Å². The second kappa shape index (κ2) is 5.45. The van der Waals surface area contributed by atoms with E-state index in [1.165, 1.54) is 24.1 Å². The lowest BCUT2D eigenvalue weighted by atomic mass is 10.0. The number of morpholine rings is 1. The van der Waals surface area contributed by atoms with Crippen LogP contribution >= 0.6 is 0 Å². The number of sulfonamides is 1. The van der Waals surface area contributed by atoms with E-state index in [0.29, 0.717) is 26.3 Å². The minimum Gasteiger partial charge on any atom is -0.378 e. The molecule has 8 heteroatoms. The lowest BCUT2D eigenvalue weighted by molar-refractivity contribution is -0.137. The molecule has 3 rings (SSSR count). The third kappa shape index (κ3) is 2.23. The lowest BCUT2D eigenvalue weighted by Crippen LogP contribution is -2.57. The maximum absolute atomic E-state index is 12.6. The maximum Gasteiger partial charge on any atom is 0.249 e. The molecule has 0 N–H and O–H groups in total. The molecule has 7 nitrogen and oxygen atoms in total. The highest BCUT2D eigenvalue weighted by Crippen LogP contribution is 2.29. The second-order valence-electron chi connectivity index (χ2n) is 5.22. The fourth-order valence-electron chi connectivity index (χ4n) is 2.73. The summed E-state index contributed by atoms with van der Waals surface area (Å²) in [5, 5.41) is 0. The van der Waals surface area contributed by atoms with Gasteiger partial charge in [-0.1, -0.05) is 12.1 Å².